The molecule has 2 aliphatic rings. The van der Waals surface area contributed by atoms with Crippen LogP contribution in [0.1, 0.15) is 51.5 Å². The lowest BCUT2D eigenvalue weighted by atomic mass is 10.0. The molecule has 3 rings (SSSR count). The fourth-order valence-electron chi connectivity index (χ4n) is 3.07. The highest BCUT2D eigenvalue weighted by atomic mass is 79.9. The number of carbonyl (C=O) groups is 1. The monoisotopic (exact) mass is 453 g/mol. The van der Waals surface area contributed by atoms with Gasteiger partial charge in [0.05, 0.1) is 6.61 Å². The van der Waals surface area contributed by atoms with E-state index in [1.54, 1.807) is 6.92 Å². The Morgan fingerprint density at radius 2 is 2.18 bits per heavy atom. The van der Waals surface area contributed by atoms with Crippen LogP contribution in [0.3, 0.4) is 0 Å². The van der Waals surface area contributed by atoms with E-state index < -0.39 is 6.10 Å². The quantitative estimate of drug-likeness (QED) is 0.365. The normalized spacial score (nSPS) is 19.7. The third kappa shape index (κ3) is 5.70. The average Bonchev–Trinajstić information content (AvgIpc) is 3.38. The molecule has 1 heterocycles. The van der Waals surface area contributed by atoms with Gasteiger partial charge in [-0.3, -0.25) is 0 Å². The number of unbranched alkanes of at least 4 members (excludes halogenated alkanes) is 1. The molecule has 0 saturated heterocycles. The van der Waals surface area contributed by atoms with E-state index in [4.69, 9.17) is 19.0 Å². The minimum atomic E-state index is -0.616. The van der Waals surface area contributed by atoms with Crippen molar-refractivity contribution < 1.29 is 23.8 Å². The first-order valence-electron chi connectivity index (χ1n) is 10.1. The number of nitrogens with zero attached hydrogens (tertiary/aromatic N) is 1. The maximum Gasteiger partial charge on any atom is 0.347 e. The number of benzene rings is 1. The summed E-state index contributed by atoms with van der Waals surface area (Å²) in [5, 5.41) is 4.20. The van der Waals surface area contributed by atoms with Crippen molar-refractivity contribution in [2.45, 2.75) is 58.2 Å². The number of esters is 1. The Kier molecular flexibility index (Phi) is 7.73. The van der Waals surface area contributed by atoms with Crippen LogP contribution in [0.4, 0.5) is 0 Å². The van der Waals surface area contributed by atoms with Gasteiger partial charge in [0.1, 0.15) is 24.2 Å². The molecule has 0 radical (unpaired) electrons. The third-order valence-electron chi connectivity index (χ3n) is 4.79. The van der Waals surface area contributed by atoms with Gasteiger partial charge in [-0.05, 0) is 43.9 Å². The summed E-state index contributed by atoms with van der Waals surface area (Å²) in [5.41, 5.74) is 1.47. The molecule has 154 valence electrons. The van der Waals surface area contributed by atoms with Gasteiger partial charge in [-0.1, -0.05) is 47.3 Å². The fourth-order valence-corrected chi connectivity index (χ4v) is 3.44. The minimum absolute atomic E-state index is 0.243. The van der Waals surface area contributed by atoms with Crippen LogP contribution in [0.2, 0.25) is 0 Å². The molecule has 0 aromatic heterocycles. The van der Waals surface area contributed by atoms with Crippen LogP contribution in [0.5, 0.6) is 5.75 Å². The zero-order valence-corrected chi connectivity index (χ0v) is 18.1. The van der Waals surface area contributed by atoms with Crippen LogP contribution < -0.4 is 4.74 Å². The van der Waals surface area contributed by atoms with E-state index in [0.717, 1.165) is 35.7 Å². The number of rotatable bonds is 11. The summed E-state index contributed by atoms with van der Waals surface area (Å²) in [6, 6.07) is 5.67. The molecule has 1 unspecified atom stereocenters. The van der Waals surface area contributed by atoms with E-state index in [0.29, 0.717) is 43.6 Å². The van der Waals surface area contributed by atoms with Crippen LogP contribution in [0.15, 0.2) is 27.8 Å². The lowest BCUT2D eigenvalue weighted by Crippen LogP contribution is -2.31. The van der Waals surface area contributed by atoms with E-state index in [9.17, 15) is 4.79 Å². The predicted octanol–water partition coefficient (Wildman–Crippen LogP) is 4.48. The SMILES string of the molecule is CCCCOC1CON=C1c1cc(Br)ccc1O[C@@H](CC1CC1)C(=O)OCC. The van der Waals surface area contributed by atoms with Gasteiger partial charge in [0.15, 0.2) is 6.10 Å². The smallest absolute Gasteiger partial charge is 0.347 e. The molecule has 2 atom stereocenters. The summed E-state index contributed by atoms with van der Waals surface area (Å²) in [5.74, 6) is 0.810. The predicted molar refractivity (Wildman–Crippen MR) is 110 cm³/mol. The highest BCUT2D eigenvalue weighted by molar-refractivity contribution is 9.10. The molecular weight excluding hydrogens is 426 g/mol. The third-order valence-corrected chi connectivity index (χ3v) is 5.28. The van der Waals surface area contributed by atoms with Gasteiger partial charge in [-0.25, -0.2) is 4.79 Å². The number of oxime groups is 1. The number of carbonyl (C=O) groups excluding carboxylic acids is 1. The molecular formula is C21H28BrNO5. The summed E-state index contributed by atoms with van der Waals surface area (Å²) in [6.45, 7) is 5.30. The van der Waals surface area contributed by atoms with E-state index in [1.165, 1.54) is 0 Å². The van der Waals surface area contributed by atoms with Crippen LogP contribution >= 0.6 is 15.9 Å². The first kappa shape index (κ1) is 21.1. The second-order valence-corrected chi connectivity index (χ2v) is 8.08. The van der Waals surface area contributed by atoms with Crippen LogP contribution in [0.25, 0.3) is 0 Å². The summed E-state index contributed by atoms with van der Waals surface area (Å²) < 4.78 is 18.2. The summed E-state index contributed by atoms with van der Waals surface area (Å²) in [7, 11) is 0. The Labute approximate surface area is 174 Å². The van der Waals surface area contributed by atoms with Gasteiger partial charge >= 0.3 is 5.97 Å². The second kappa shape index (κ2) is 10.3. The van der Waals surface area contributed by atoms with Gasteiger partial charge in [0.2, 0.25) is 0 Å². The van der Waals surface area contributed by atoms with Crippen molar-refractivity contribution in [3.8, 4) is 5.75 Å². The van der Waals surface area contributed by atoms with Crippen molar-refractivity contribution >= 4 is 27.6 Å². The Morgan fingerprint density at radius 1 is 1.36 bits per heavy atom. The maximum atomic E-state index is 12.4. The Hall–Kier alpha value is -1.60. The molecule has 6 nitrogen and oxygen atoms in total. The van der Waals surface area contributed by atoms with Crippen LogP contribution in [0, 0.1) is 5.92 Å². The lowest BCUT2D eigenvalue weighted by molar-refractivity contribution is -0.151. The van der Waals surface area contributed by atoms with E-state index in [-0.39, 0.29) is 12.1 Å². The molecule has 1 aromatic carbocycles. The van der Waals surface area contributed by atoms with Crippen molar-refractivity contribution in [3.63, 3.8) is 0 Å². The van der Waals surface area contributed by atoms with Crippen molar-refractivity contribution in [2.75, 3.05) is 19.8 Å². The largest absolute Gasteiger partial charge is 0.478 e. The van der Waals surface area contributed by atoms with Crippen molar-refractivity contribution in [3.05, 3.63) is 28.2 Å². The Bertz CT molecular complexity index is 704. The molecule has 1 fully saturated rings. The molecule has 0 bridgehead atoms. The number of halogens is 1. The number of ether oxygens (including phenoxy) is 3. The molecule has 0 spiro atoms. The topological polar surface area (TPSA) is 66.3 Å². The van der Waals surface area contributed by atoms with E-state index >= 15 is 0 Å². The van der Waals surface area contributed by atoms with Gasteiger partial charge in [0, 0.05) is 16.6 Å². The molecule has 1 aromatic rings. The molecule has 1 saturated carbocycles. The Morgan fingerprint density at radius 3 is 2.89 bits per heavy atom. The van der Waals surface area contributed by atoms with Crippen molar-refractivity contribution in [1.29, 1.82) is 0 Å². The molecule has 1 aliphatic heterocycles. The van der Waals surface area contributed by atoms with E-state index in [2.05, 4.69) is 28.0 Å². The lowest BCUT2D eigenvalue weighted by Gasteiger charge is -2.21. The molecule has 0 amide bonds. The van der Waals surface area contributed by atoms with E-state index in [1.807, 2.05) is 18.2 Å². The first-order chi connectivity index (χ1) is 13.6. The molecule has 1 aliphatic carbocycles. The summed E-state index contributed by atoms with van der Waals surface area (Å²) >= 11 is 3.51. The summed E-state index contributed by atoms with van der Waals surface area (Å²) in [4.78, 5) is 17.7. The summed E-state index contributed by atoms with van der Waals surface area (Å²) in [6.07, 6.45) is 4.14. The molecule has 7 heteroatoms. The standard InChI is InChI=1S/C21H28BrNO5/c1-3-5-10-26-19-13-27-23-20(19)16-12-15(22)8-9-17(16)28-18(11-14-6-7-14)21(24)25-4-2/h8-9,12,14,18-19H,3-7,10-11,13H2,1-2H3/t18-,19?/m0/s1. The zero-order chi connectivity index (χ0) is 19.9. The Balaban J connectivity index is 1.80. The zero-order valence-electron chi connectivity index (χ0n) is 16.5. The molecule has 0 N–H and O–H groups in total. The van der Waals surface area contributed by atoms with Gasteiger partial charge in [0.25, 0.3) is 0 Å². The second-order valence-electron chi connectivity index (χ2n) is 7.16. The van der Waals surface area contributed by atoms with Crippen LogP contribution in [-0.2, 0) is 19.1 Å². The van der Waals surface area contributed by atoms with Gasteiger partial charge in [-0.15, -0.1) is 0 Å². The minimum Gasteiger partial charge on any atom is -0.478 e. The highest BCUT2D eigenvalue weighted by Crippen LogP contribution is 2.36. The average molecular weight is 454 g/mol. The highest BCUT2D eigenvalue weighted by Gasteiger charge is 2.34. The molecule has 28 heavy (non-hydrogen) atoms. The first-order valence-corrected chi connectivity index (χ1v) is 10.9. The van der Waals surface area contributed by atoms with Crippen molar-refractivity contribution in [1.82, 2.24) is 0 Å². The fraction of sp³-hybridized carbons (Fsp3) is 0.619. The van der Waals surface area contributed by atoms with Crippen LogP contribution in [-0.4, -0.2) is 43.7 Å². The van der Waals surface area contributed by atoms with Gasteiger partial charge < -0.3 is 19.0 Å². The van der Waals surface area contributed by atoms with Crippen molar-refractivity contribution in [2.24, 2.45) is 11.1 Å². The maximum absolute atomic E-state index is 12.4. The number of hydrogen-bond donors (Lipinski definition) is 0. The number of hydrogen-bond acceptors (Lipinski definition) is 6. The van der Waals surface area contributed by atoms with Gasteiger partial charge in [-0.2, -0.15) is 0 Å².